The lowest BCUT2D eigenvalue weighted by atomic mass is 10.3. The second-order valence-corrected chi connectivity index (χ2v) is 5.65. The van der Waals surface area contributed by atoms with Gasteiger partial charge in [-0.1, -0.05) is 18.7 Å². The molecule has 0 aliphatic carbocycles. The number of carbonyl (C=O) groups excluding carboxylic acids is 1. The van der Waals surface area contributed by atoms with Gasteiger partial charge in [0.25, 0.3) is 0 Å². The number of nitrogens with zero attached hydrogens (tertiary/aromatic N) is 4. The first-order valence-corrected chi connectivity index (χ1v) is 8.69. The van der Waals surface area contributed by atoms with E-state index in [1.807, 2.05) is 6.26 Å². The molecule has 0 aliphatic rings. The Morgan fingerprint density at radius 3 is 2.91 bits per heavy atom. The van der Waals surface area contributed by atoms with E-state index in [1.165, 1.54) is 18.9 Å². The molecule has 2 heterocycles. The molecule has 126 valence electrons. The van der Waals surface area contributed by atoms with Crippen LogP contribution >= 0.6 is 11.8 Å². The molecule has 0 saturated heterocycles. The highest BCUT2D eigenvalue weighted by molar-refractivity contribution is 7.98. The van der Waals surface area contributed by atoms with E-state index >= 15 is 0 Å². The topological polar surface area (TPSA) is 94.0 Å². The molecule has 2 aromatic rings. The number of hydrogen-bond acceptors (Lipinski definition) is 7. The van der Waals surface area contributed by atoms with Gasteiger partial charge in [-0.05, 0) is 12.7 Å². The zero-order valence-corrected chi connectivity index (χ0v) is 14.4. The number of thioether (sulfide) groups is 1. The largest absolute Gasteiger partial charge is 0.375 e. The van der Waals surface area contributed by atoms with Crippen molar-refractivity contribution in [2.75, 3.05) is 38.4 Å². The second kappa shape index (κ2) is 8.68. The minimum atomic E-state index is -0.145. The van der Waals surface area contributed by atoms with Gasteiger partial charge in [-0.15, -0.1) is 0 Å². The maximum Gasteiger partial charge on any atom is 0.246 e. The van der Waals surface area contributed by atoms with Crippen LogP contribution in [0.3, 0.4) is 0 Å². The zero-order chi connectivity index (χ0) is 16.7. The molecule has 0 aromatic carbocycles. The van der Waals surface area contributed by atoms with Crippen LogP contribution in [0.5, 0.6) is 0 Å². The van der Waals surface area contributed by atoms with Crippen LogP contribution in [0.25, 0.3) is 11.0 Å². The van der Waals surface area contributed by atoms with Crippen LogP contribution in [0, 0.1) is 0 Å². The molecule has 2 aromatic heterocycles. The lowest BCUT2D eigenvalue weighted by Gasteiger charge is -2.08. The number of amides is 1. The predicted molar refractivity (Wildman–Crippen MR) is 90.8 cm³/mol. The van der Waals surface area contributed by atoms with Crippen molar-refractivity contribution in [3.05, 3.63) is 6.20 Å². The Morgan fingerprint density at radius 2 is 2.22 bits per heavy atom. The van der Waals surface area contributed by atoms with Gasteiger partial charge in [0, 0.05) is 20.2 Å². The van der Waals surface area contributed by atoms with Crippen LogP contribution in [-0.2, 0) is 16.1 Å². The third-order valence-electron chi connectivity index (χ3n) is 3.12. The van der Waals surface area contributed by atoms with E-state index in [0.717, 1.165) is 29.8 Å². The Labute approximate surface area is 139 Å². The minimum absolute atomic E-state index is 0.0593. The highest BCUT2D eigenvalue weighted by atomic mass is 32.2. The van der Waals surface area contributed by atoms with E-state index in [1.54, 1.807) is 10.9 Å². The number of anilines is 1. The van der Waals surface area contributed by atoms with Gasteiger partial charge in [0.15, 0.2) is 10.8 Å². The van der Waals surface area contributed by atoms with Crippen LogP contribution in [0.2, 0.25) is 0 Å². The fraction of sp³-hybridized carbons (Fsp3) is 0.571. The molecule has 0 radical (unpaired) electrons. The summed E-state index contributed by atoms with van der Waals surface area (Å²) in [6, 6.07) is 0. The predicted octanol–water partition coefficient (Wildman–Crippen LogP) is 1.13. The standard InChI is InChI=1S/C14H22N6O2S/c1-4-5-16-12-10-8-17-20(7-6-15-11(21)9-22-2)13(10)19-14(18-12)23-3/h8H,4-7,9H2,1-3H3,(H,15,21)(H,16,18,19). The molecule has 0 fully saturated rings. The summed E-state index contributed by atoms with van der Waals surface area (Å²) in [5.74, 6) is 0.657. The van der Waals surface area contributed by atoms with Gasteiger partial charge in [0.1, 0.15) is 12.4 Å². The molecule has 9 heteroatoms. The van der Waals surface area contributed by atoms with Crippen LogP contribution in [0.4, 0.5) is 5.82 Å². The second-order valence-electron chi connectivity index (χ2n) is 4.87. The molecule has 0 atom stereocenters. The van der Waals surface area contributed by atoms with E-state index in [-0.39, 0.29) is 12.5 Å². The summed E-state index contributed by atoms with van der Waals surface area (Å²) >= 11 is 1.49. The average molecular weight is 338 g/mol. The number of nitrogens with one attached hydrogen (secondary N) is 2. The number of ether oxygens (including phenoxy) is 1. The van der Waals surface area contributed by atoms with Crippen LogP contribution in [0.1, 0.15) is 13.3 Å². The first-order valence-electron chi connectivity index (χ1n) is 7.46. The first-order chi connectivity index (χ1) is 11.2. The smallest absolute Gasteiger partial charge is 0.246 e. The average Bonchev–Trinajstić information content (AvgIpc) is 2.96. The first kappa shape index (κ1) is 17.5. The van der Waals surface area contributed by atoms with Crippen molar-refractivity contribution in [3.63, 3.8) is 0 Å². The number of hydrogen-bond donors (Lipinski definition) is 2. The van der Waals surface area contributed by atoms with Gasteiger partial charge < -0.3 is 15.4 Å². The minimum Gasteiger partial charge on any atom is -0.375 e. The van der Waals surface area contributed by atoms with Crippen molar-refractivity contribution >= 4 is 34.5 Å². The Bertz CT molecular complexity index is 660. The highest BCUT2D eigenvalue weighted by Gasteiger charge is 2.12. The van der Waals surface area contributed by atoms with E-state index < -0.39 is 0 Å². The fourth-order valence-electron chi connectivity index (χ4n) is 2.05. The van der Waals surface area contributed by atoms with Gasteiger partial charge in [0.05, 0.1) is 18.1 Å². The fourth-order valence-corrected chi connectivity index (χ4v) is 2.41. The molecule has 2 N–H and O–H groups in total. The molecular formula is C14H22N6O2S. The van der Waals surface area contributed by atoms with Crippen molar-refractivity contribution in [1.29, 1.82) is 0 Å². The third kappa shape index (κ3) is 4.55. The summed E-state index contributed by atoms with van der Waals surface area (Å²) in [5.41, 5.74) is 0.768. The van der Waals surface area contributed by atoms with Crippen LogP contribution in [0.15, 0.2) is 11.4 Å². The molecular weight excluding hydrogens is 316 g/mol. The molecule has 0 bridgehead atoms. The summed E-state index contributed by atoms with van der Waals surface area (Å²) in [7, 11) is 1.49. The maximum absolute atomic E-state index is 11.4. The lowest BCUT2D eigenvalue weighted by Crippen LogP contribution is -2.30. The molecule has 8 nitrogen and oxygen atoms in total. The monoisotopic (exact) mass is 338 g/mol. The van der Waals surface area contributed by atoms with Crippen molar-refractivity contribution in [2.24, 2.45) is 0 Å². The van der Waals surface area contributed by atoms with Gasteiger partial charge in [-0.3, -0.25) is 4.79 Å². The Balaban J connectivity index is 2.16. The number of carbonyl (C=O) groups is 1. The summed E-state index contributed by atoms with van der Waals surface area (Å²) < 4.78 is 6.56. The maximum atomic E-state index is 11.4. The molecule has 1 amide bonds. The summed E-state index contributed by atoms with van der Waals surface area (Å²) in [4.78, 5) is 20.4. The van der Waals surface area contributed by atoms with E-state index in [2.05, 4.69) is 32.6 Å². The zero-order valence-electron chi connectivity index (χ0n) is 13.6. The number of rotatable bonds is 9. The molecule has 0 spiro atoms. The summed E-state index contributed by atoms with van der Waals surface area (Å²) in [5, 5.41) is 12.0. The van der Waals surface area contributed by atoms with Crippen LogP contribution < -0.4 is 10.6 Å². The van der Waals surface area contributed by atoms with E-state index in [4.69, 9.17) is 4.74 Å². The van der Waals surface area contributed by atoms with Crippen molar-refractivity contribution < 1.29 is 9.53 Å². The third-order valence-corrected chi connectivity index (χ3v) is 3.67. The number of aromatic nitrogens is 4. The molecule has 0 saturated carbocycles. The molecule has 0 unspecified atom stereocenters. The van der Waals surface area contributed by atoms with Crippen molar-refractivity contribution in [2.45, 2.75) is 25.0 Å². The van der Waals surface area contributed by atoms with Gasteiger partial charge in [0.2, 0.25) is 5.91 Å². The van der Waals surface area contributed by atoms with E-state index in [0.29, 0.717) is 18.2 Å². The number of methoxy groups -OCH3 is 1. The van der Waals surface area contributed by atoms with Crippen molar-refractivity contribution in [1.82, 2.24) is 25.1 Å². The van der Waals surface area contributed by atoms with Crippen LogP contribution in [-0.4, -0.2) is 58.7 Å². The summed E-state index contributed by atoms with van der Waals surface area (Å²) in [6.45, 7) is 4.02. The lowest BCUT2D eigenvalue weighted by molar-refractivity contribution is -0.124. The Kier molecular flexibility index (Phi) is 6.60. The van der Waals surface area contributed by atoms with Gasteiger partial charge >= 0.3 is 0 Å². The Morgan fingerprint density at radius 1 is 1.39 bits per heavy atom. The summed E-state index contributed by atoms with van der Waals surface area (Å²) in [6.07, 6.45) is 4.71. The Hall–Kier alpha value is -1.87. The van der Waals surface area contributed by atoms with Gasteiger partial charge in [-0.2, -0.15) is 5.10 Å². The van der Waals surface area contributed by atoms with Gasteiger partial charge in [-0.25, -0.2) is 14.6 Å². The normalized spacial score (nSPS) is 10.9. The highest BCUT2D eigenvalue weighted by Crippen LogP contribution is 2.23. The quantitative estimate of drug-likeness (QED) is 0.523. The molecule has 2 rings (SSSR count). The molecule has 0 aliphatic heterocycles. The van der Waals surface area contributed by atoms with E-state index in [9.17, 15) is 4.79 Å². The number of fused-ring (bicyclic) bond motifs is 1. The SMILES string of the molecule is CCCNc1nc(SC)nc2c1cnn2CCNC(=O)COC. The molecule has 23 heavy (non-hydrogen) atoms. The van der Waals surface area contributed by atoms with Crippen molar-refractivity contribution in [3.8, 4) is 0 Å².